The van der Waals surface area contributed by atoms with Gasteiger partial charge in [-0.25, -0.2) is 9.59 Å². The number of carbonyl (C=O) groups is 2. The summed E-state index contributed by atoms with van der Waals surface area (Å²) in [5, 5.41) is 12.9. The standard InChI is InChI=1S/C21H30F3N3O5/c1-17(2,3)31-15(28)26-20(14-9-7-8-11-25-14)13-19(30,21(22,23)24)10-12-27(20)16(29)32-18(4,5)6/h7-9,11,30H,10,12-13H2,1-6H3,(H,26,28). The van der Waals surface area contributed by atoms with Crippen molar-refractivity contribution in [1.29, 1.82) is 0 Å². The number of ether oxygens (including phenoxy) is 2. The Balaban J connectivity index is 2.65. The van der Waals surface area contributed by atoms with Crippen LogP contribution in [0.2, 0.25) is 0 Å². The highest BCUT2D eigenvalue weighted by atomic mass is 19.4. The lowest BCUT2D eigenvalue weighted by Crippen LogP contribution is -2.70. The molecule has 1 aliphatic heterocycles. The first-order valence-electron chi connectivity index (χ1n) is 10.1. The fourth-order valence-electron chi connectivity index (χ4n) is 3.39. The van der Waals surface area contributed by atoms with Gasteiger partial charge in [-0.05, 0) is 53.7 Å². The summed E-state index contributed by atoms with van der Waals surface area (Å²) in [6.07, 6.45) is -7.67. The quantitative estimate of drug-likeness (QED) is 0.688. The highest BCUT2D eigenvalue weighted by Gasteiger charge is 2.64. The van der Waals surface area contributed by atoms with Crippen LogP contribution in [0.3, 0.4) is 0 Å². The third-order valence-electron chi connectivity index (χ3n) is 4.70. The van der Waals surface area contributed by atoms with Gasteiger partial charge in [-0.3, -0.25) is 15.2 Å². The molecule has 180 valence electrons. The lowest BCUT2D eigenvalue weighted by atomic mass is 9.80. The van der Waals surface area contributed by atoms with E-state index in [2.05, 4.69) is 10.3 Å². The van der Waals surface area contributed by atoms with Gasteiger partial charge in [0.05, 0.1) is 5.69 Å². The van der Waals surface area contributed by atoms with Crippen LogP contribution in [0.15, 0.2) is 24.4 Å². The lowest BCUT2D eigenvalue weighted by Gasteiger charge is -2.51. The number of hydrogen-bond donors (Lipinski definition) is 2. The van der Waals surface area contributed by atoms with Gasteiger partial charge in [0, 0.05) is 25.6 Å². The molecule has 0 bridgehead atoms. The highest BCUT2D eigenvalue weighted by Crippen LogP contribution is 2.47. The number of alkyl carbamates (subject to hydrolysis) is 1. The van der Waals surface area contributed by atoms with Gasteiger partial charge < -0.3 is 14.6 Å². The van der Waals surface area contributed by atoms with Gasteiger partial charge in [0.25, 0.3) is 0 Å². The zero-order valence-electron chi connectivity index (χ0n) is 19.0. The number of nitrogens with one attached hydrogen (secondary N) is 1. The molecule has 11 heteroatoms. The first kappa shape index (κ1) is 25.7. The van der Waals surface area contributed by atoms with Crippen molar-refractivity contribution < 1.29 is 37.3 Å². The van der Waals surface area contributed by atoms with Crippen molar-refractivity contribution in [2.45, 2.75) is 83.0 Å². The molecule has 2 amide bonds. The van der Waals surface area contributed by atoms with Crippen molar-refractivity contribution in [3.63, 3.8) is 0 Å². The molecule has 0 spiro atoms. The molecule has 2 rings (SSSR count). The van der Waals surface area contributed by atoms with Crippen LogP contribution >= 0.6 is 0 Å². The van der Waals surface area contributed by atoms with Crippen molar-refractivity contribution in [2.24, 2.45) is 0 Å². The van der Waals surface area contributed by atoms with E-state index in [0.29, 0.717) is 0 Å². The molecule has 1 saturated heterocycles. The summed E-state index contributed by atoms with van der Waals surface area (Å²) in [5.74, 6) is 0. The average Bonchev–Trinajstić information content (AvgIpc) is 2.58. The van der Waals surface area contributed by atoms with Gasteiger partial charge in [-0.2, -0.15) is 13.2 Å². The Hall–Kier alpha value is -2.56. The smallest absolute Gasteiger partial charge is 0.417 e. The van der Waals surface area contributed by atoms with E-state index in [4.69, 9.17) is 9.47 Å². The van der Waals surface area contributed by atoms with Crippen molar-refractivity contribution in [1.82, 2.24) is 15.2 Å². The summed E-state index contributed by atoms with van der Waals surface area (Å²) in [6.45, 7) is 8.99. The van der Waals surface area contributed by atoms with E-state index in [1.54, 1.807) is 41.5 Å². The Labute approximate surface area is 185 Å². The van der Waals surface area contributed by atoms with Crippen molar-refractivity contribution in [3.05, 3.63) is 30.1 Å². The second kappa shape index (κ2) is 8.42. The molecular formula is C21H30F3N3O5. The second-order valence-corrected chi connectivity index (χ2v) is 9.79. The number of piperidine rings is 1. The van der Waals surface area contributed by atoms with E-state index < -0.39 is 60.2 Å². The van der Waals surface area contributed by atoms with Crippen molar-refractivity contribution in [3.8, 4) is 0 Å². The first-order chi connectivity index (χ1) is 14.4. The second-order valence-electron chi connectivity index (χ2n) is 9.79. The first-order valence-corrected chi connectivity index (χ1v) is 10.1. The number of likely N-dealkylation sites (tertiary alicyclic amines) is 1. The molecule has 0 radical (unpaired) electrons. The summed E-state index contributed by atoms with van der Waals surface area (Å²) in [4.78, 5) is 30.8. The Morgan fingerprint density at radius 2 is 1.69 bits per heavy atom. The summed E-state index contributed by atoms with van der Waals surface area (Å²) in [7, 11) is 0. The molecule has 32 heavy (non-hydrogen) atoms. The molecule has 2 heterocycles. The Morgan fingerprint density at radius 1 is 1.09 bits per heavy atom. The Kier molecular flexibility index (Phi) is 6.76. The number of carbonyl (C=O) groups excluding carboxylic acids is 2. The number of amides is 2. The van der Waals surface area contributed by atoms with Gasteiger partial charge in [0.15, 0.2) is 11.3 Å². The van der Waals surface area contributed by atoms with Gasteiger partial charge >= 0.3 is 18.4 Å². The molecule has 1 aromatic rings. The number of halogens is 3. The zero-order chi connectivity index (χ0) is 24.6. The molecule has 2 unspecified atom stereocenters. The fourth-order valence-corrected chi connectivity index (χ4v) is 3.39. The fraction of sp³-hybridized carbons (Fsp3) is 0.667. The molecule has 8 nitrogen and oxygen atoms in total. The average molecular weight is 461 g/mol. The zero-order valence-corrected chi connectivity index (χ0v) is 19.0. The number of hydrogen-bond acceptors (Lipinski definition) is 6. The highest BCUT2D eigenvalue weighted by molar-refractivity contribution is 5.73. The van der Waals surface area contributed by atoms with E-state index in [1.165, 1.54) is 24.4 Å². The van der Waals surface area contributed by atoms with Crippen molar-refractivity contribution >= 4 is 12.2 Å². The molecule has 1 fully saturated rings. The van der Waals surface area contributed by atoms with Crippen LogP contribution in [0.4, 0.5) is 22.8 Å². The molecule has 0 saturated carbocycles. The van der Waals surface area contributed by atoms with Crippen LogP contribution < -0.4 is 5.32 Å². The molecule has 1 aliphatic rings. The Morgan fingerprint density at radius 3 is 2.16 bits per heavy atom. The van der Waals surface area contributed by atoms with Gasteiger partial charge in [0.1, 0.15) is 11.2 Å². The van der Waals surface area contributed by atoms with Crippen LogP contribution in [0.5, 0.6) is 0 Å². The van der Waals surface area contributed by atoms with Gasteiger partial charge in [0.2, 0.25) is 0 Å². The van der Waals surface area contributed by atoms with Crippen LogP contribution in [-0.4, -0.2) is 56.7 Å². The number of alkyl halides is 3. The predicted octanol–water partition coefficient (Wildman–Crippen LogP) is 4.08. The topological polar surface area (TPSA) is 101 Å². The minimum atomic E-state index is -5.03. The third kappa shape index (κ3) is 5.81. The number of aliphatic hydroxyl groups is 1. The minimum Gasteiger partial charge on any atom is -0.444 e. The molecule has 0 aromatic carbocycles. The molecule has 2 atom stereocenters. The van der Waals surface area contributed by atoms with E-state index in [9.17, 15) is 27.9 Å². The number of aromatic nitrogens is 1. The summed E-state index contributed by atoms with van der Waals surface area (Å²) < 4.78 is 52.2. The van der Waals surface area contributed by atoms with E-state index >= 15 is 0 Å². The minimum absolute atomic E-state index is 0.0842. The maximum Gasteiger partial charge on any atom is 0.417 e. The summed E-state index contributed by atoms with van der Waals surface area (Å²) in [5.41, 5.74) is -7.40. The lowest BCUT2D eigenvalue weighted by molar-refractivity contribution is -0.286. The van der Waals surface area contributed by atoms with Crippen molar-refractivity contribution in [2.75, 3.05) is 6.54 Å². The largest absolute Gasteiger partial charge is 0.444 e. The summed E-state index contributed by atoms with van der Waals surface area (Å²) >= 11 is 0. The van der Waals surface area contributed by atoms with E-state index in [1.807, 2.05) is 0 Å². The van der Waals surface area contributed by atoms with Gasteiger partial charge in [-0.15, -0.1) is 0 Å². The predicted molar refractivity (Wildman–Crippen MR) is 108 cm³/mol. The van der Waals surface area contributed by atoms with Crippen LogP contribution in [0, 0.1) is 0 Å². The molecule has 1 aromatic heterocycles. The molecule has 2 N–H and O–H groups in total. The van der Waals surface area contributed by atoms with E-state index in [-0.39, 0.29) is 5.69 Å². The third-order valence-corrected chi connectivity index (χ3v) is 4.70. The normalized spacial score (nSPS) is 24.6. The number of pyridine rings is 1. The summed E-state index contributed by atoms with van der Waals surface area (Å²) in [6, 6.07) is 4.38. The molecule has 0 aliphatic carbocycles. The van der Waals surface area contributed by atoms with Crippen LogP contribution in [-0.2, 0) is 15.1 Å². The van der Waals surface area contributed by atoms with Crippen LogP contribution in [0.1, 0.15) is 60.1 Å². The number of nitrogens with zero attached hydrogens (tertiary/aromatic N) is 2. The monoisotopic (exact) mass is 461 g/mol. The Bertz CT molecular complexity index is 836. The number of rotatable bonds is 2. The molecular weight excluding hydrogens is 431 g/mol. The maximum atomic E-state index is 13.8. The van der Waals surface area contributed by atoms with Gasteiger partial charge in [-0.1, -0.05) is 6.07 Å². The van der Waals surface area contributed by atoms with Crippen LogP contribution in [0.25, 0.3) is 0 Å². The van der Waals surface area contributed by atoms with E-state index in [0.717, 1.165) is 4.90 Å². The maximum absolute atomic E-state index is 13.8. The SMILES string of the molecule is CC(C)(C)OC(=O)NC1(c2ccccn2)CC(O)(C(F)(F)F)CCN1C(=O)OC(C)(C)C.